The molecule has 0 spiro atoms. The Labute approximate surface area is 187 Å². The van der Waals surface area contributed by atoms with Crippen molar-refractivity contribution in [3.63, 3.8) is 0 Å². The summed E-state index contributed by atoms with van der Waals surface area (Å²) in [5, 5.41) is 22.1. The summed E-state index contributed by atoms with van der Waals surface area (Å²) in [6.07, 6.45) is 0. The molecule has 0 fully saturated rings. The van der Waals surface area contributed by atoms with Crippen molar-refractivity contribution < 1.29 is 29.3 Å². The molecule has 7 nitrogen and oxygen atoms in total. The Kier molecular flexibility index (Phi) is 5.79. The van der Waals surface area contributed by atoms with E-state index < -0.39 is 29.5 Å². The Morgan fingerprint density at radius 2 is 1.72 bits per heavy atom. The highest BCUT2D eigenvalue weighted by molar-refractivity contribution is 7.12. The number of hydrogen-bond donors (Lipinski definition) is 2. The lowest BCUT2D eigenvalue weighted by molar-refractivity contribution is -0.130. The van der Waals surface area contributed by atoms with Crippen molar-refractivity contribution in [1.82, 2.24) is 4.90 Å². The summed E-state index contributed by atoms with van der Waals surface area (Å²) in [4.78, 5) is 39.7. The number of esters is 1. The number of aliphatic hydroxyl groups excluding tert-OH is 1. The summed E-state index contributed by atoms with van der Waals surface area (Å²) in [6, 6.07) is 15.2. The number of ketones is 1. The standard InChI is InChI=1S/C24H19NO6S/c1-31-24(30)16-6-4-14(5-7-16)13-25-20(15-8-10-17(26)11-9-15)19(22(28)23(25)29)21(27)18-3-2-12-32-18/h2-12,20,26,28H,13H2,1H3. The highest BCUT2D eigenvalue weighted by Crippen LogP contribution is 2.40. The third kappa shape index (κ3) is 3.88. The highest BCUT2D eigenvalue weighted by atomic mass is 32.1. The number of amides is 1. The molecule has 1 aliphatic rings. The van der Waals surface area contributed by atoms with E-state index in [0.717, 1.165) is 0 Å². The Morgan fingerprint density at radius 1 is 1.03 bits per heavy atom. The van der Waals surface area contributed by atoms with Gasteiger partial charge < -0.3 is 19.8 Å². The van der Waals surface area contributed by atoms with E-state index in [4.69, 9.17) is 4.74 Å². The summed E-state index contributed by atoms with van der Waals surface area (Å²) < 4.78 is 4.70. The first-order valence-electron chi connectivity index (χ1n) is 9.69. The van der Waals surface area contributed by atoms with Crippen molar-refractivity contribution in [3.8, 4) is 5.75 Å². The Bertz CT molecular complexity index is 1200. The molecule has 0 radical (unpaired) electrons. The Balaban J connectivity index is 1.72. The van der Waals surface area contributed by atoms with Crippen LogP contribution < -0.4 is 0 Å². The molecule has 32 heavy (non-hydrogen) atoms. The molecule has 1 aliphatic heterocycles. The second-order valence-electron chi connectivity index (χ2n) is 7.18. The summed E-state index contributed by atoms with van der Waals surface area (Å²) in [5.41, 5.74) is 1.64. The van der Waals surface area contributed by atoms with Crippen LogP contribution in [0.2, 0.25) is 0 Å². The number of benzene rings is 2. The lowest BCUT2D eigenvalue weighted by atomic mass is 9.95. The van der Waals surface area contributed by atoms with Crippen molar-refractivity contribution >= 4 is 29.0 Å². The number of thiophene rings is 1. The van der Waals surface area contributed by atoms with Crippen LogP contribution >= 0.6 is 11.3 Å². The number of methoxy groups -OCH3 is 1. The first kappa shape index (κ1) is 21.3. The number of aliphatic hydroxyl groups is 1. The van der Waals surface area contributed by atoms with Gasteiger partial charge in [-0.1, -0.05) is 30.3 Å². The van der Waals surface area contributed by atoms with Crippen LogP contribution in [0, 0.1) is 0 Å². The molecule has 1 atom stereocenters. The summed E-state index contributed by atoms with van der Waals surface area (Å²) in [5.74, 6) is -2.11. The fourth-order valence-electron chi connectivity index (χ4n) is 3.65. The summed E-state index contributed by atoms with van der Waals surface area (Å²) in [7, 11) is 1.29. The van der Waals surface area contributed by atoms with E-state index in [0.29, 0.717) is 21.6 Å². The van der Waals surface area contributed by atoms with E-state index >= 15 is 0 Å². The van der Waals surface area contributed by atoms with Gasteiger partial charge in [0.25, 0.3) is 5.91 Å². The molecule has 0 bridgehead atoms. The van der Waals surface area contributed by atoms with Crippen LogP contribution in [-0.4, -0.2) is 39.9 Å². The quantitative estimate of drug-likeness (QED) is 0.435. The number of Topliss-reactive ketones (excluding diaryl/α,β-unsaturated/α-hetero) is 1. The number of ether oxygens (including phenoxy) is 1. The third-order valence-corrected chi connectivity index (χ3v) is 6.10. The minimum Gasteiger partial charge on any atom is -0.508 e. The van der Waals surface area contributed by atoms with E-state index in [1.165, 1.54) is 35.5 Å². The van der Waals surface area contributed by atoms with Gasteiger partial charge in [0.15, 0.2) is 5.76 Å². The molecule has 162 valence electrons. The molecular formula is C24H19NO6S. The van der Waals surface area contributed by atoms with Crippen LogP contribution in [0.15, 0.2) is 77.4 Å². The number of carbonyl (C=O) groups excluding carboxylic acids is 3. The molecule has 8 heteroatoms. The maximum Gasteiger partial charge on any atom is 0.337 e. The summed E-state index contributed by atoms with van der Waals surface area (Å²) >= 11 is 1.22. The second-order valence-corrected chi connectivity index (χ2v) is 8.13. The van der Waals surface area contributed by atoms with Gasteiger partial charge >= 0.3 is 5.97 Å². The maximum atomic E-state index is 13.2. The molecule has 1 amide bonds. The third-order valence-electron chi connectivity index (χ3n) is 5.23. The predicted octanol–water partition coefficient (Wildman–Crippen LogP) is 4.02. The van der Waals surface area contributed by atoms with Gasteiger partial charge in [-0.3, -0.25) is 9.59 Å². The smallest absolute Gasteiger partial charge is 0.337 e. The fourth-order valence-corrected chi connectivity index (χ4v) is 4.33. The summed E-state index contributed by atoms with van der Waals surface area (Å²) in [6.45, 7) is 0.0944. The average Bonchev–Trinajstić information content (AvgIpc) is 3.43. The Morgan fingerprint density at radius 3 is 2.31 bits per heavy atom. The number of aromatic hydroxyl groups is 1. The van der Waals surface area contributed by atoms with Crippen molar-refractivity contribution in [2.75, 3.05) is 7.11 Å². The number of phenols is 1. The maximum absolute atomic E-state index is 13.2. The topological polar surface area (TPSA) is 104 Å². The van der Waals surface area contributed by atoms with Crippen LogP contribution in [0.5, 0.6) is 5.75 Å². The SMILES string of the molecule is COC(=O)c1ccc(CN2C(=O)C(O)=C(C(=O)c3cccs3)C2c2ccc(O)cc2)cc1. The van der Waals surface area contributed by atoms with E-state index in [2.05, 4.69) is 0 Å². The molecule has 0 aliphatic carbocycles. The molecule has 2 aromatic carbocycles. The zero-order valence-corrected chi connectivity index (χ0v) is 17.8. The molecule has 3 aromatic rings. The number of rotatable bonds is 6. The van der Waals surface area contributed by atoms with Crippen LogP contribution in [0.3, 0.4) is 0 Å². The second kappa shape index (κ2) is 8.68. The van der Waals surface area contributed by atoms with Gasteiger partial charge in [-0.05, 0) is 46.8 Å². The molecule has 0 saturated carbocycles. The molecule has 2 heterocycles. The minimum atomic E-state index is -0.835. The minimum absolute atomic E-state index is 0.00526. The monoisotopic (exact) mass is 449 g/mol. The lowest BCUT2D eigenvalue weighted by Crippen LogP contribution is -2.30. The number of carbonyl (C=O) groups is 3. The van der Waals surface area contributed by atoms with Crippen molar-refractivity contribution in [2.24, 2.45) is 0 Å². The molecule has 0 saturated heterocycles. The van der Waals surface area contributed by atoms with Crippen LogP contribution in [0.1, 0.15) is 37.2 Å². The van der Waals surface area contributed by atoms with Crippen molar-refractivity contribution in [2.45, 2.75) is 12.6 Å². The van der Waals surface area contributed by atoms with Gasteiger partial charge in [-0.2, -0.15) is 0 Å². The average molecular weight is 449 g/mol. The van der Waals surface area contributed by atoms with Gasteiger partial charge in [0.1, 0.15) is 5.75 Å². The van der Waals surface area contributed by atoms with Crippen LogP contribution in [0.25, 0.3) is 0 Å². The van der Waals surface area contributed by atoms with Gasteiger partial charge in [0, 0.05) is 6.54 Å². The van der Waals surface area contributed by atoms with Gasteiger partial charge in [-0.15, -0.1) is 11.3 Å². The first-order valence-corrected chi connectivity index (χ1v) is 10.6. The first-order chi connectivity index (χ1) is 15.4. The van der Waals surface area contributed by atoms with E-state index in [1.807, 2.05) is 0 Å². The van der Waals surface area contributed by atoms with E-state index in [1.54, 1.807) is 53.9 Å². The van der Waals surface area contributed by atoms with Crippen LogP contribution in [0.4, 0.5) is 0 Å². The fraction of sp³-hybridized carbons (Fsp3) is 0.125. The number of hydrogen-bond acceptors (Lipinski definition) is 7. The largest absolute Gasteiger partial charge is 0.508 e. The molecule has 4 rings (SSSR count). The van der Waals surface area contributed by atoms with Crippen molar-refractivity contribution in [3.05, 3.63) is 98.9 Å². The van der Waals surface area contributed by atoms with E-state index in [-0.39, 0.29) is 17.9 Å². The zero-order chi connectivity index (χ0) is 22.8. The highest BCUT2D eigenvalue weighted by Gasteiger charge is 2.43. The number of nitrogens with zero attached hydrogens (tertiary/aromatic N) is 1. The van der Waals surface area contributed by atoms with Crippen LogP contribution in [-0.2, 0) is 16.1 Å². The molecular weight excluding hydrogens is 430 g/mol. The lowest BCUT2D eigenvalue weighted by Gasteiger charge is -2.27. The predicted molar refractivity (Wildman–Crippen MR) is 117 cm³/mol. The van der Waals surface area contributed by atoms with Gasteiger partial charge in [-0.25, -0.2) is 4.79 Å². The van der Waals surface area contributed by atoms with Crippen molar-refractivity contribution in [1.29, 1.82) is 0 Å². The molecule has 1 aromatic heterocycles. The molecule has 1 unspecified atom stereocenters. The zero-order valence-electron chi connectivity index (χ0n) is 17.0. The van der Waals surface area contributed by atoms with Gasteiger partial charge in [0.2, 0.25) is 5.78 Å². The van der Waals surface area contributed by atoms with E-state index in [9.17, 15) is 24.6 Å². The molecule has 2 N–H and O–H groups in total. The normalized spacial score (nSPS) is 15.8. The number of phenolic OH excluding ortho intramolecular Hbond substituents is 1. The van der Waals surface area contributed by atoms with Gasteiger partial charge in [0.05, 0.1) is 29.2 Å². The Hall–Kier alpha value is -3.91.